The molecule has 2 aliphatic carbocycles. The van der Waals surface area contributed by atoms with Crippen molar-refractivity contribution in [3.8, 4) is 0 Å². The van der Waals surface area contributed by atoms with Gasteiger partial charge in [0.25, 0.3) is 0 Å². The van der Waals surface area contributed by atoms with Gasteiger partial charge in [-0.05, 0) is 63.3 Å². The van der Waals surface area contributed by atoms with Gasteiger partial charge >= 0.3 is 0 Å². The van der Waals surface area contributed by atoms with Crippen molar-refractivity contribution < 1.29 is 18.7 Å². The number of ether oxygens (including phenoxy) is 2. The first kappa shape index (κ1) is 24.0. The van der Waals surface area contributed by atoms with E-state index >= 15 is 0 Å². The van der Waals surface area contributed by atoms with E-state index in [-0.39, 0.29) is 18.4 Å². The summed E-state index contributed by atoms with van der Waals surface area (Å²) in [6.07, 6.45) is 4.34. The van der Waals surface area contributed by atoms with Crippen LogP contribution in [0.3, 0.4) is 0 Å². The highest BCUT2D eigenvalue weighted by Gasteiger charge is 2.41. The summed E-state index contributed by atoms with van der Waals surface area (Å²) < 4.78 is 26.1. The minimum atomic E-state index is -1.12. The molecule has 2 N–H and O–H groups in total. The molecule has 1 aromatic heterocycles. The number of anilines is 4. The Hall–Kier alpha value is -2.71. The molecular weight excluding hydrogens is 447 g/mol. The Labute approximate surface area is 206 Å². The fraction of sp³-hybridized carbons (Fsp3) is 0.556. The van der Waals surface area contributed by atoms with E-state index in [1.165, 1.54) is 0 Å². The Morgan fingerprint density at radius 3 is 2.89 bits per heavy atom. The first-order valence-corrected chi connectivity index (χ1v) is 12.9. The van der Waals surface area contributed by atoms with Gasteiger partial charge in [-0.25, -0.2) is 9.37 Å². The predicted octanol–water partition coefficient (Wildman–Crippen LogP) is 5.19. The van der Waals surface area contributed by atoms with Crippen molar-refractivity contribution in [2.45, 2.75) is 76.9 Å². The maximum Gasteiger partial charge on any atom is 0.230 e. The fourth-order valence-corrected chi connectivity index (χ4v) is 4.95. The number of alkyl halides is 1. The number of nitrogens with zero attached hydrogens (tertiary/aromatic N) is 2. The van der Waals surface area contributed by atoms with E-state index in [1.807, 2.05) is 37.3 Å². The normalized spacial score (nSPS) is 24.2. The van der Waals surface area contributed by atoms with Crippen molar-refractivity contribution in [3.05, 3.63) is 42.1 Å². The average molecular weight is 483 g/mol. The van der Waals surface area contributed by atoms with Crippen LogP contribution in [0.25, 0.3) is 0 Å². The van der Waals surface area contributed by atoms with E-state index in [0.717, 1.165) is 47.7 Å². The van der Waals surface area contributed by atoms with Crippen LogP contribution in [0.2, 0.25) is 0 Å². The number of aromatic nitrogens is 1. The maximum atomic E-state index is 14.6. The fourth-order valence-electron chi connectivity index (χ4n) is 4.95. The van der Waals surface area contributed by atoms with E-state index < -0.39 is 18.2 Å². The van der Waals surface area contributed by atoms with Gasteiger partial charge in [-0.2, -0.15) is 0 Å². The molecule has 1 amide bonds. The molecule has 0 radical (unpaired) electrons. The quantitative estimate of drug-likeness (QED) is 0.512. The van der Waals surface area contributed by atoms with Gasteiger partial charge in [0.2, 0.25) is 5.91 Å². The molecular formula is C27H35FN4O3. The van der Waals surface area contributed by atoms with Crippen LogP contribution in [0, 0.1) is 5.92 Å². The lowest BCUT2D eigenvalue weighted by molar-refractivity contribution is -0.122. The van der Waals surface area contributed by atoms with Crippen molar-refractivity contribution in [1.29, 1.82) is 0 Å². The van der Waals surface area contributed by atoms with Crippen molar-refractivity contribution >= 4 is 28.8 Å². The Kier molecular flexibility index (Phi) is 7.20. The third-order valence-corrected chi connectivity index (χ3v) is 7.11. The summed E-state index contributed by atoms with van der Waals surface area (Å²) in [4.78, 5) is 20.1. The van der Waals surface area contributed by atoms with Gasteiger partial charge in [-0.1, -0.05) is 13.0 Å². The SMILES string of the molecule is CCO[C@H]1C[C@@H](C(=O)N2Cc3cccnc3Nc3ccc(N[C@H](CC)COC4CC4)cc32)C[C@@H]1F. The highest BCUT2D eigenvalue weighted by atomic mass is 19.1. The zero-order valence-electron chi connectivity index (χ0n) is 20.5. The standard InChI is InChI=1S/C27H35FN4O3/c1-3-19(16-35-21-8-9-21)30-20-7-10-23-24(14-20)32(15-17-6-5-11-29-26(17)31-23)27(33)18-12-22(28)25(13-18)34-4-2/h5-7,10-11,14,18-19,21-22,25,30H,3-4,8-9,12-13,15-16H2,1-2H3,(H,29,31)/t18-,19+,22-,25-/m0/s1. The molecule has 2 saturated carbocycles. The molecule has 0 saturated heterocycles. The largest absolute Gasteiger partial charge is 0.380 e. The minimum Gasteiger partial charge on any atom is -0.380 e. The lowest BCUT2D eigenvalue weighted by Gasteiger charge is -2.27. The van der Waals surface area contributed by atoms with E-state index in [2.05, 4.69) is 22.5 Å². The first-order valence-electron chi connectivity index (χ1n) is 12.9. The number of hydrogen-bond donors (Lipinski definition) is 2. The summed E-state index contributed by atoms with van der Waals surface area (Å²) in [6, 6.07) is 10.0. The molecule has 35 heavy (non-hydrogen) atoms. The second-order valence-corrected chi connectivity index (χ2v) is 9.75. The number of benzene rings is 1. The minimum absolute atomic E-state index is 0.0733. The van der Waals surface area contributed by atoms with Crippen molar-refractivity contribution in [2.75, 3.05) is 28.7 Å². The number of carbonyl (C=O) groups is 1. The Bertz CT molecular complexity index is 1050. The number of fused-ring (bicyclic) bond motifs is 2. The number of halogens is 1. The topological polar surface area (TPSA) is 75.7 Å². The van der Waals surface area contributed by atoms with Gasteiger partial charge < -0.3 is 25.0 Å². The number of hydrogen-bond acceptors (Lipinski definition) is 6. The lowest BCUT2D eigenvalue weighted by atomic mass is 10.0. The summed E-state index contributed by atoms with van der Waals surface area (Å²) in [5.41, 5.74) is 3.42. The van der Waals surface area contributed by atoms with Crippen molar-refractivity contribution in [2.24, 2.45) is 5.92 Å². The van der Waals surface area contributed by atoms with E-state index in [0.29, 0.717) is 32.3 Å². The van der Waals surface area contributed by atoms with Crippen LogP contribution in [-0.2, 0) is 20.8 Å². The monoisotopic (exact) mass is 482 g/mol. The highest BCUT2D eigenvalue weighted by Crippen LogP contribution is 2.40. The molecule has 2 fully saturated rings. The third-order valence-electron chi connectivity index (χ3n) is 7.11. The molecule has 1 aliphatic heterocycles. The van der Waals surface area contributed by atoms with Crippen LogP contribution in [0.15, 0.2) is 36.5 Å². The summed E-state index contributed by atoms with van der Waals surface area (Å²) in [7, 11) is 0. The van der Waals surface area contributed by atoms with Gasteiger partial charge in [0.15, 0.2) is 0 Å². The maximum absolute atomic E-state index is 14.6. The molecule has 188 valence electrons. The molecule has 0 unspecified atom stereocenters. The second kappa shape index (κ2) is 10.5. The second-order valence-electron chi connectivity index (χ2n) is 9.75. The van der Waals surface area contributed by atoms with E-state index in [9.17, 15) is 9.18 Å². The number of pyridine rings is 1. The van der Waals surface area contributed by atoms with Gasteiger partial charge in [-0.15, -0.1) is 0 Å². The predicted molar refractivity (Wildman–Crippen MR) is 135 cm³/mol. The van der Waals surface area contributed by atoms with Crippen LogP contribution in [0.5, 0.6) is 0 Å². The van der Waals surface area contributed by atoms with Crippen LogP contribution in [-0.4, -0.2) is 48.5 Å². The molecule has 3 aliphatic rings. The number of carbonyl (C=O) groups excluding carboxylic acids is 1. The summed E-state index contributed by atoms with van der Waals surface area (Å²) in [5, 5.41) is 6.98. The van der Waals surface area contributed by atoms with E-state index in [1.54, 1.807) is 11.1 Å². The average Bonchev–Trinajstić information content (AvgIpc) is 3.65. The van der Waals surface area contributed by atoms with Gasteiger partial charge in [-0.3, -0.25) is 4.79 Å². The molecule has 0 spiro atoms. The molecule has 2 aromatic rings. The Morgan fingerprint density at radius 1 is 1.26 bits per heavy atom. The molecule has 8 heteroatoms. The van der Waals surface area contributed by atoms with Crippen LogP contribution >= 0.6 is 0 Å². The zero-order valence-corrected chi connectivity index (χ0v) is 20.5. The molecule has 0 bridgehead atoms. The summed E-state index contributed by atoms with van der Waals surface area (Å²) in [5.74, 6) is 0.242. The summed E-state index contributed by atoms with van der Waals surface area (Å²) in [6.45, 7) is 5.47. The van der Waals surface area contributed by atoms with E-state index in [4.69, 9.17) is 9.47 Å². The molecule has 2 heterocycles. The molecule has 1 aromatic carbocycles. The van der Waals surface area contributed by atoms with Gasteiger partial charge in [0.05, 0.1) is 36.7 Å². The van der Waals surface area contributed by atoms with Gasteiger partial charge in [0.1, 0.15) is 12.0 Å². The zero-order chi connectivity index (χ0) is 24.4. The smallest absolute Gasteiger partial charge is 0.230 e. The molecule has 7 nitrogen and oxygen atoms in total. The Balaban J connectivity index is 1.42. The first-order chi connectivity index (χ1) is 17.1. The molecule has 5 rings (SSSR count). The Morgan fingerprint density at radius 2 is 2.11 bits per heavy atom. The van der Waals surface area contributed by atoms with Crippen molar-refractivity contribution in [1.82, 2.24) is 4.98 Å². The number of nitrogens with one attached hydrogen (secondary N) is 2. The van der Waals surface area contributed by atoms with Crippen molar-refractivity contribution in [3.63, 3.8) is 0 Å². The highest BCUT2D eigenvalue weighted by molar-refractivity contribution is 6.00. The van der Waals surface area contributed by atoms with Crippen LogP contribution in [0.1, 0.15) is 51.5 Å². The lowest BCUT2D eigenvalue weighted by Crippen LogP contribution is -2.35. The third kappa shape index (κ3) is 5.43. The molecule has 4 atom stereocenters. The summed E-state index contributed by atoms with van der Waals surface area (Å²) >= 11 is 0. The van der Waals surface area contributed by atoms with Crippen LogP contribution in [0.4, 0.5) is 27.3 Å². The number of rotatable bonds is 9. The van der Waals surface area contributed by atoms with Crippen LogP contribution < -0.4 is 15.5 Å². The van der Waals surface area contributed by atoms with Gasteiger partial charge in [0, 0.05) is 36.0 Å². The number of amides is 1.